The Morgan fingerprint density at radius 3 is 1.94 bits per heavy atom. The molecular weight excluding hydrogens is 247 g/mol. The van der Waals surface area contributed by atoms with Crippen LogP contribution in [-0.2, 0) is 23.5 Å². The largest absolute Gasteiger partial charge is 0.525 e. The summed E-state index contributed by atoms with van der Waals surface area (Å²) in [5.74, 6) is -6.16. The molecule has 16 heavy (non-hydrogen) atoms. The summed E-state index contributed by atoms with van der Waals surface area (Å²) in [6, 6.07) is 0. The molecule has 9 nitrogen and oxygen atoms in total. The maximum atomic E-state index is 10.5. The summed E-state index contributed by atoms with van der Waals surface area (Å²) >= 11 is 0. The quantitative estimate of drug-likeness (QED) is 0.204. The molecular formula is C6H7O9P. The van der Waals surface area contributed by atoms with Crippen molar-refractivity contribution in [2.24, 2.45) is 0 Å². The Kier molecular flexibility index (Phi) is 4.83. The fourth-order valence-corrected chi connectivity index (χ4v) is 0.973. The van der Waals surface area contributed by atoms with Crippen molar-refractivity contribution in [1.29, 1.82) is 0 Å². The summed E-state index contributed by atoms with van der Waals surface area (Å²) < 4.78 is 14.0. The maximum absolute atomic E-state index is 10.5. The van der Waals surface area contributed by atoms with Gasteiger partial charge in [-0.3, -0.25) is 14.6 Å². The van der Waals surface area contributed by atoms with E-state index in [4.69, 9.17) is 20.0 Å². The second kappa shape index (κ2) is 5.40. The zero-order chi connectivity index (χ0) is 12.9. The molecule has 0 aliphatic heterocycles. The van der Waals surface area contributed by atoms with Crippen molar-refractivity contribution in [3.05, 3.63) is 11.8 Å². The monoisotopic (exact) mass is 254 g/mol. The second-order valence-electron chi connectivity index (χ2n) is 2.39. The predicted octanol–water partition coefficient (Wildman–Crippen LogP) is -0.892. The van der Waals surface area contributed by atoms with Crippen LogP contribution in [0, 0.1) is 0 Å². The van der Waals surface area contributed by atoms with Crippen LogP contribution >= 0.6 is 7.82 Å². The van der Waals surface area contributed by atoms with Gasteiger partial charge in [-0.2, -0.15) is 0 Å². The topological polar surface area (TPSA) is 158 Å². The van der Waals surface area contributed by atoms with E-state index >= 15 is 0 Å². The van der Waals surface area contributed by atoms with Crippen LogP contribution in [0.25, 0.3) is 0 Å². The summed E-state index contributed by atoms with van der Waals surface area (Å²) in [6.07, 6.45) is -0.394. The van der Waals surface area contributed by atoms with E-state index in [1.807, 2.05) is 0 Å². The van der Waals surface area contributed by atoms with Crippen molar-refractivity contribution < 1.29 is 43.5 Å². The molecule has 0 aromatic rings. The number of carboxylic acid groups (broad SMARTS) is 2. The summed E-state index contributed by atoms with van der Waals surface area (Å²) in [6.45, 7) is 0. The molecule has 0 bridgehead atoms. The first-order chi connectivity index (χ1) is 7.13. The highest BCUT2D eigenvalue weighted by Gasteiger charge is 2.23. The molecule has 10 heteroatoms. The highest BCUT2D eigenvalue weighted by atomic mass is 31.2. The van der Waals surface area contributed by atoms with E-state index in [0.717, 1.165) is 0 Å². The number of carboxylic acids is 2. The zero-order valence-electron chi connectivity index (χ0n) is 7.56. The summed E-state index contributed by atoms with van der Waals surface area (Å²) in [5, 5.41) is 16.5. The first kappa shape index (κ1) is 14.3. The fraction of sp³-hybridized carbons (Fsp3) is 0.167. The van der Waals surface area contributed by atoms with Gasteiger partial charge in [-0.05, 0) is 6.08 Å². The van der Waals surface area contributed by atoms with Crippen molar-refractivity contribution in [1.82, 2.24) is 0 Å². The molecule has 0 fully saturated rings. The van der Waals surface area contributed by atoms with Gasteiger partial charge in [0.25, 0.3) is 0 Å². The standard InChI is InChI=1S/C6H7O9P/c7-3(5(8)9)1-2-4(6(10)11)15-16(12,13)14/h2H,1H2,(H,8,9)(H,10,11)(H2,12,13,14). The van der Waals surface area contributed by atoms with Crippen molar-refractivity contribution in [2.45, 2.75) is 6.42 Å². The van der Waals surface area contributed by atoms with E-state index < -0.39 is 37.7 Å². The lowest BCUT2D eigenvalue weighted by molar-refractivity contribution is -0.148. The molecule has 0 aromatic heterocycles. The smallest absolute Gasteiger partial charge is 0.475 e. The molecule has 0 unspecified atom stereocenters. The number of aliphatic carboxylic acids is 2. The van der Waals surface area contributed by atoms with Crippen LogP contribution in [0.3, 0.4) is 0 Å². The normalized spacial score (nSPS) is 12.0. The predicted molar refractivity (Wildman–Crippen MR) is 46.1 cm³/mol. The first-order valence-electron chi connectivity index (χ1n) is 3.58. The number of phosphoric ester groups is 1. The van der Waals surface area contributed by atoms with Crippen molar-refractivity contribution in [2.75, 3.05) is 0 Å². The fourth-order valence-electron chi connectivity index (χ4n) is 0.564. The van der Waals surface area contributed by atoms with Crippen LogP contribution in [0.5, 0.6) is 0 Å². The number of hydrogen-bond acceptors (Lipinski definition) is 5. The molecule has 0 aliphatic carbocycles. The van der Waals surface area contributed by atoms with Crippen LogP contribution in [-0.4, -0.2) is 37.7 Å². The van der Waals surface area contributed by atoms with Gasteiger partial charge in [-0.15, -0.1) is 0 Å². The number of carbonyl (C=O) groups is 3. The number of rotatable bonds is 6. The third kappa shape index (κ3) is 5.91. The second-order valence-corrected chi connectivity index (χ2v) is 3.55. The summed E-state index contributed by atoms with van der Waals surface area (Å²) in [4.78, 5) is 47.5. The van der Waals surface area contributed by atoms with E-state index in [-0.39, 0.29) is 0 Å². The first-order valence-corrected chi connectivity index (χ1v) is 5.11. The molecule has 0 saturated heterocycles. The molecule has 0 aromatic carbocycles. The van der Waals surface area contributed by atoms with E-state index in [9.17, 15) is 18.9 Å². The minimum Gasteiger partial charge on any atom is -0.475 e. The Morgan fingerprint density at radius 1 is 1.12 bits per heavy atom. The van der Waals surface area contributed by atoms with Crippen LogP contribution in [0.2, 0.25) is 0 Å². The van der Waals surface area contributed by atoms with Gasteiger partial charge in [0.15, 0.2) is 0 Å². The summed E-state index contributed by atoms with van der Waals surface area (Å²) in [7, 11) is -5.07. The molecule has 0 rings (SSSR count). The van der Waals surface area contributed by atoms with Gasteiger partial charge in [-0.25, -0.2) is 14.2 Å². The van der Waals surface area contributed by atoms with Crippen molar-refractivity contribution >= 4 is 25.5 Å². The maximum Gasteiger partial charge on any atom is 0.525 e. The minimum absolute atomic E-state index is 0.456. The van der Waals surface area contributed by atoms with Crippen LogP contribution < -0.4 is 0 Å². The average molecular weight is 254 g/mol. The highest BCUT2D eigenvalue weighted by Crippen LogP contribution is 2.38. The Hall–Kier alpha value is -1.70. The third-order valence-electron chi connectivity index (χ3n) is 1.14. The molecule has 90 valence electrons. The lowest BCUT2D eigenvalue weighted by atomic mass is 10.2. The van der Waals surface area contributed by atoms with Crippen molar-refractivity contribution in [3.8, 4) is 0 Å². The number of hydrogen-bond donors (Lipinski definition) is 4. The molecule has 0 aliphatic rings. The van der Waals surface area contributed by atoms with E-state index in [1.54, 1.807) is 0 Å². The van der Waals surface area contributed by atoms with E-state index in [0.29, 0.717) is 6.08 Å². The van der Waals surface area contributed by atoms with Crippen LogP contribution in [0.1, 0.15) is 6.42 Å². The average Bonchev–Trinajstić information content (AvgIpc) is 2.09. The molecule has 0 amide bonds. The molecule has 0 spiro atoms. The Bertz CT molecular complexity index is 389. The van der Waals surface area contributed by atoms with Crippen LogP contribution in [0.4, 0.5) is 0 Å². The minimum atomic E-state index is -5.07. The van der Waals surface area contributed by atoms with Gasteiger partial charge in [0.2, 0.25) is 11.5 Å². The lowest BCUT2D eigenvalue weighted by Gasteiger charge is -2.06. The number of Topliss-reactive ketones (excluding diaryl/α,β-unsaturated/α-hetero) is 1. The van der Waals surface area contributed by atoms with Gasteiger partial charge in [-0.1, -0.05) is 0 Å². The van der Waals surface area contributed by atoms with E-state index in [2.05, 4.69) is 4.52 Å². The van der Waals surface area contributed by atoms with Crippen molar-refractivity contribution in [3.63, 3.8) is 0 Å². The molecule has 0 radical (unpaired) electrons. The van der Waals surface area contributed by atoms with Gasteiger partial charge in [0.05, 0.1) is 0 Å². The Labute approximate surface area is 88.2 Å². The Balaban J connectivity index is 4.74. The van der Waals surface area contributed by atoms with Crippen LogP contribution in [0.15, 0.2) is 11.8 Å². The summed E-state index contributed by atoms with van der Waals surface area (Å²) in [5.41, 5.74) is 0. The molecule has 4 N–H and O–H groups in total. The number of carbonyl (C=O) groups excluding carboxylic acids is 1. The lowest BCUT2D eigenvalue weighted by Crippen LogP contribution is -2.12. The van der Waals surface area contributed by atoms with Gasteiger partial charge in [0.1, 0.15) is 0 Å². The van der Waals surface area contributed by atoms with Gasteiger partial charge in [0, 0.05) is 6.42 Å². The molecule has 0 heterocycles. The highest BCUT2D eigenvalue weighted by molar-refractivity contribution is 7.46. The molecule has 0 saturated carbocycles. The third-order valence-corrected chi connectivity index (χ3v) is 1.57. The number of phosphoric acid groups is 1. The number of allylic oxidation sites excluding steroid dienone is 1. The van der Waals surface area contributed by atoms with E-state index in [1.165, 1.54) is 0 Å². The number of ketones is 1. The van der Waals surface area contributed by atoms with Gasteiger partial charge < -0.3 is 14.7 Å². The molecule has 0 atom stereocenters. The SMILES string of the molecule is O=C(O)C(=O)CC=C(OP(=O)(O)O)C(=O)O. The van der Waals surface area contributed by atoms with Gasteiger partial charge >= 0.3 is 19.8 Å². The zero-order valence-corrected chi connectivity index (χ0v) is 8.46. The Morgan fingerprint density at radius 2 is 1.62 bits per heavy atom.